The Morgan fingerprint density at radius 2 is 1.90 bits per heavy atom. The minimum atomic E-state index is -0.563. The highest BCUT2D eigenvalue weighted by Crippen LogP contribution is 2.30. The van der Waals surface area contributed by atoms with Crippen LogP contribution in [-0.4, -0.2) is 41.1 Å². The Hall–Kier alpha value is -4.43. The van der Waals surface area contributed by atoms with Crippen molar-refractivity contribution < 1.29 is 23.9 Å². The fourth-order valence-electron chi connectivity index (χ4n) is 3.90. The van der Waals surface area contributed by atoms with Gasteiger partial charge in [-0.3, -0.25) is 14.9 Å². The Morgan fingerprint density at radius 3 is 2.62 bits per heavy atom. The van der Waals surface area contributed by atoms with Crippen LogP contribution in [0.4, 0.5) is 15.6 Å². The number of carbonyl (C=O) groups is 3. The lowest BCUT2D eigenvalue weighted by Crippen LogP contribution is -2.41. The number of fused-ring (bicyclic) bond motifs is 1. The molecule has 1 aliphatic carbocycles. The number of thiazole rings is 1. The smallest absolute Gasteiger partial charge is 0.407 e. The number of nitrogens with zero attached hydrogens (tertiary/aromatic N) is 2. The van der Waals surface area contributed by atoms with Crippen LogP contribution >= 0.6 is 11.3 Å². The van der Waals surface area contributed by atoms with Crippen LogP contribution in [0, 0.1) is 11.3 Å². The van der Waals surface area contributed by atoms with E-state index in [1.165, 1.54) is 11.3 Å². The van der Waals surface area contributed by atoms with Crippen molar-refractivity contribution >= 4 is 40.1 Å². The van der Waals surface area contributed by atoms with Crippen LogP contribution in [0.2, 0.25) is 0 Å². The number of amides is 3. The van der Waals surface area contributed by atoms with Crippen LogP contribution in [0.15, 0.2) is 48.5 Å². The molecule has 1 heterocycles. The number of anilines is 2. The molecule has 1 atom stereocenters. The van der Waals surface area contributed by atoms with Gasteiger partial charge in [0.05, 0.1) is 17.3 Å². The monoisotopic (exact) mass is 547 g/mol. The standard InChI is InChI=1S/C28H29N5O5S/c1-28(2,3)38-27(36)31-20-11-12-22-23(14-20)39-26(32-22)33-25(35)18-5-4-6-21(13-18)37-16-24(34)30-19-9-7-17(15-29)8-10-19/h4-10,13,20H,11-12,14,16H2,1-3H3,(H,30,34)(H,31,36)(H,32,33,35). The highest BCUT2D eigenvalue weighted by molar-refractivity contribution is 7.15. The lowest BCUT2D eigenvalue weighted by Gasteiger charge is -2.25. The fraction of sp³-hybridized carbons (Fsp3) is 0.321. The summed E-state index contributed by atoms with van der Waals surface area (Å²) in [6.07, 6.45) is 1.61. The van der Waals surface area contributed by atoms with Crippen molar-refractivity contribution in [3.63, 3.8) is 0 Å². The molecule has 2 aromatic carbocycles. The maximum absolute atomic E-state index is 12.9. The number of alkyl carbamates (subject to hydrolysis) is 1. The van der Waals surface area contributed by atoms with Crippen LogP contribution in [0.25, 0.3) is 0 Å². The summed E-state index contributed by atoms with van der Waals surface area (Å²) in [5.41, 5.74) is 1.76. The van der Waals surface area contributed by atoms with E-state index in [0.29, 0.717) is 40.5 Å². The topological polar surface area (TPSA) is 142 Å². The number of aryl methyl sites for hydroxylation is 1. The van der Waals surface area contributed by atoms with Crippen molar-refractivity contribution in [1.29, 1.82) is 5.26 Å². The molecule has 0 spiro atoms. The second kappa shape index (κ2) is 12.0. The average molecular weight is 548 g/mol. The normalized spacial score (nSPS) is 14.4. The van der Waals surface area contributed by atoms with Crippen molar-refractivity contribution in [3.8, 4) is 11.8 Å². The van der Waals surface area contributed by atoms with Crippen LogP contribution in [0.5, 0.6) is 5.75 Å². The van der Waals surface area contributed by atoms with Crippen molar-refractivity contribution in [1.82, 2.24) is 10.3 Å². The molecule has 0 fully saturated rings. The van der Waals surface area contributed by atoms with Gasteiger partial charge in [-0.05, 0) is 76.1 Å². The summed E-state index contributed by atoms with van der Waals surface area (Å²) in [7, 11) is 0. The van der Waals surface area contributed by atoms with Gasteiger partial charge in [-0.2, -0.15) is 5.26 Å². The summed E-state index contributed by atoms with van der Waals surface area (Å²) in [6, 6.07) is 15.0. The lowest BCUT2D eigenvalue weighted by atomic mass is 9.98. The molecule has 0 aliphatic heterocycles. The van der Waals surface area contributed by atoms with E-state index in [9.17, 15) is 14.4 Å². The zero-order chi connectivity index (χ0) is 28.0. The first-order valence-electron chi connectivity index (χ1n) is 12.4. The second-order valence-corrected chi connectivity index (χ2v) is 11.1. The first kappa shape index (κ1) is 27.6. The molecule has 3 N–H and O–H groups in total. The number of rotatable bonds is 7. The van der Waals surface area contributed by atoms with Crippen LogP contribution in [-0.2, 0) is 22.4 Å². The zero-order valence-electron chi connectivity index (χ0n) is 21.9. The summed E-state index contributed by atoms with van der Waals surface area (Å²) in [5, 5.41) is 17.8. The summed E-state index contributed by atoms with van der Waals surface area (Å²) in [6.45, 7) is 5.22. The van der Waals surface area contributed by atoms with Gasteiger partial charge in [-0.15, -0.1) is 11.3 Å². The van der Waals surface area contributed by atoms with Crippen LogP contribution in [0.3, 0.4) is 0 Å². The molecule has 1 unspecified atom stereocenters. The molecule has 0 radical (unpaired) electrons. The van der Waals surface area contributed by atoms with Gasteiger partial charge in [0.15, 0.2) is 11.7 Å². The molecule has 202 valence electrons. The van der Waals surface area contributed by atoms with E-state index in [-0.39, 0.29) is 24.5 Å². The molecule has 1 aliphatic rings. The van der Waals surface area contributed by atoms with Crippen molar-refractivity contribution in [2.45, 2.75) is 51.7 Å². The quantitative estimate of drug-likeness (QED) is 0.390. The van der Waals surface area contributed by atoms with Gasteiger partial charge in [0.2, 0.25) is 0 Å². The highest BCUT2D eigenvalue weighted by Gasteiger charge is 2.26. The third kappa shape index (κ3) is 8.02. The van der Waals surface area contributed by atoms with E-state index < -0.39 is 11.7 Å². The molecule has 10 nitrogen and oxygen atoms in total. The molecular formula is C28H29N5O5S. The fourth-order valence-corrected chi connectivity index (χ4v) is 4.98. The maximum atomic E-state index is 12.9. The van der Waals surface area contributed by atoms with E-state index in [4.69, 9.17) is 14.7 Å². The number of hydrogen-bond acceptors (Lipinski definition) is 8. The second-order valence-electron chi connectivity index (χ2n) is 9.98. The van der Waals surface area contributed by atoms with Gasteiger partial charge >= 0.3 is 6.09 Å². The first-order chi connectivity index (χ1) is 18.6. The summed E-state index contributed by atoms with van der Waals surface area (Å²) < 4.78 is 10.9. The van der Waals surface area contributed by atoms with Gasteiger partial charge < -0.3 is 20.1 Å². The minimum Gasteiger partial charge on any atom is -0.484 e. The van der Waals surface area contributed by atoms with E-state index in [1.54, 1.807) is 48.5 Å². The van der Waals surface area contributed by atoms with Crippen molar-refractivity contribution in [2.75, 3.05) is 17.2 Å². The number of ether oxygens (including phenoxy) is 2. The Labute approximate surface area is 230 Å². The maximum Gasteiger partial charge on any atom is 0.407 e. The van der Waals surface area contributed by atoms with Crippen molar-refractivity contribution in [3.05, 3.63) is 70.2 Å². The third-order valence-electron chi connectivity index (χ3n) is 5.64. The van der Waals surface area contributed by atoms with Gasteiger partial charge in [-0.1, -0.05) is 6.07 Å². The number of carbonyl (C=O) groups excluding carboxylic acids is 3. The molecule has 4 rings (SSSR count). The number of aromatic nitrogens is 1. The summed E-state index contributed by atoms with van der Waals surface area (Å²) in [5.74, 6) is -0.355. The van der Waals surface area contributed by atoms with E-state index in [0.717, 1.165) is 17.0 Å². The predicted molar refractivity (Wildman–Crippen MR) is 147 cm³/mol. The third-order valence-corrected chi connectivity index (χ3v) is 6.68. The van der Waals surface area contributed by atoms with Crippen LogP contribution < -0.4 is 20.7 Å². The number of benzene rings is 2. The Morgan fingerprint density at radius 1 is 1.13 bits per heavy atom. The molecule has 0 bridgehead atoms. The zero-order valence-corrected chi connectivity index (χ0v) is 22.7. The van der Waals surface area contributed by atoms with E-state index >= 15 is 0 Å². The Bertz CT molecular complexity index is 1400. The first-order valence-corrected chi connectivity index (χ1v) is 13.2. The number of nitrogens with one attached hydrogen (secondary N) is 3. The highest BCUT2D eigenvalue weighted by atomic mass is 32.1. The van der Waals surface area contributed by atoms with E-state index in [1.807, 2.05) is 26.8 Å². The molecule has 39 heavy (non-hydrogen) atoms. The number of nitriles is 1. The summed E-state index contributed by atoms with van der Waals surface area (Å²) >= 11 is 1.39. The summed E-state index contributed by atoms with van der Waals surface area (Å²) in [4.78, 5) is 42.8. The molecule has 0 saturated heterocycles. The van der Waals surface area contributed by atoms with Crippen LogP contribution in [0.1, 0.15) is 53.7 Å². The van der Waals surface area contributed by atoms with Gasteiger partial charge in [0.1, 0.15) is 11.4 Å². The van der Waals surface area contributed by atoms with Gasteiger partial charge in [0, 0.05) is 28.6 Å². The Balaban J connectivity index is 1.29. The SMILES string of the molecule is CC(C)(C)OC(=O)NC1CCc2nc(NC(=O)c3cccc(OCC(=O)Nc4ccc(C#N)cc4)c3)sc2C1. The van der Waals surface area contributed by atoms with Gasteiger partial charge in [-0.25, -0.2) is 9.78 Å². The average Bonchev–Trinajstić information content (AvgIpc) is 3.28. The van der Waals surface area contributed by atoms with Crippen molar-refractivity contribution in [2.24, 2.45) is 0 Å². The predicted octanol–water partition coefficient (Wildman–Crippen LogP) is 4.67. The molecule has 1 aromatic heterocycles. The van der Waals surface area contributed by atoms with Gasteiger partial charge in [0.25, 0.3) is 11.8 Å². The molecule has 11 heteroatoms. The van der Waals surface area contributed by atoms with E-state index in [2.05, 4.69) is 20.9 Å². The molecule has 3 amide bonds. The Kier molecular flexibility index (Phi) is 8.46. The molecule has 3 aromatic rings. The lowest BCUT2D eigenvalue weighted by molar-refractivity contribution is -0.118. The number of hydrogen-bond donors (Lipinski definition) is 3. The molecular weight excluding hydrogens is 518 g/mol. The molecule has 0 saturated carbocycles. The minimum absolute atomic E-state index is 0.0562. The largest absolute Gasteiger partial charge is 0.484 e.